The number of nitrogens with zero attached hydrogens (tertiary/aromatic N) is 1. The molecule has 0 amide bonds. The molecular weight excluding hydrogens is 264 g/mol. The number of ketones is 2. The number of Topliss-reactive ketones (excluding diaryl/α,β-unsaturated/α-hetero) is 1. The second-order valence-electron chi connectivity index (χ2n) is 7.09. The van der Waals surface area contributed by atoms with Crippen molar-refractivity contribution in [3.05, 3.63) is 36.2 Å². The Bertz CT molecular complexity index is 546. The average molecular weight is 288 g/mol. The molecule has 0 bridgehead atoms. The van der Waals surface area contributed by atoms with Crippen molar-refractivity contribution in [2.24, 2.45) is 10.8 Å². The van der Waals surface area contributed by atoms with Gasteiger partial charge in [-0.2, -0.15) is 0 Å². The van der Waals surface area contributed by atoms with Crippen LogP contribution in [0.15, 0.2) is 36.2 Å². The Hall–Kier alpha value is -1.97. The van der Waals surface area contributed by atoms with Crippen molar-refractivity contribution in [3.8, 4) is 0 Å². The van der Waals surface area contributed by atoms with E-state index >= 15 is 0 Å². The van der Waals surface area contributed by atoms with Gasteiger partial charge in [0, 0.05) is 23.1 Å². The molecule has 114 valence electrons. The highest BCUT2D eigenvalue weighted by Crippen LogP contribution is 2.23. The van der Waals surface area contributed by atoms with Gasteiger partial charge in [0.1, 0.15) is 5.82 Å². The minimum Gasteiger partial charge on any atom is -0.337 e. The molecule has 0 aliphatic rings. The van der Waals surface area contributed by atoms with Crippen molar-refractivity contribution in [2.45, 2.75) is 41.5 Å². The number of hydrogen-bond acceptors (Lipinski definition) is 4. The van der Waals surface area contributed by atoms with Crippen molar-refractivity contribution >= 4 is 17.4 Å². The number of anilines is 1. The van der Waals surface area contributed by atoms with Crippen molar-refractivity contribution in [1.82, 2.24) is 4.98 Å². The lowest BCUT2D eigenvalue weighted by Crippen LogP contribution is -2.28. The lowest BCUT2D eigenvalue weighted by atomic mass is 9.85. The van der Waals surface area contributed by atoms with Crippen molar-refractivity contribution in [1.29, 1.82) is 0 Å². The normalized spacial score (nSPS) is 13.0. The largest absolute Gasteiger partial charge is 0.337 e. The van der Waals surface area contributed by atoms with Crippen LogP contribution in [0.3, 0.4) is 0 Å². The van der Waals surface area contributed by atoms with Gasteiger partial charge in [-0.15, -0.1) is 0 Å². The van der Waals surface area contributed by atoms with Crippen LogP contribution in [0, 0.1) is 10.8 Å². The van der Waals surface area contributed by atoms with E-state index in [9.17, 15) is 9.59 Å². The van der Waals surface area contributed by atoms with E-state index in [0.717, 1.165) is 0 Å². The average Bonchev–Trinajstić information content (AvgIpc) is 2.36. The molecule has 1 heterocycles. The highest BCUT2D eigenvalue weighted by Gasteiger charge is 2.28. The van der Waals surface area contributed by atoms with Gasteiger partial charge in [-0.25, -0.2) is 4.98 Å². The molecule has 0 aromatic carbocycles. The van der Waals surface area contributed by atoms with Gasteiger partial charge in [0.15, 0.2) is 11.6 Å². The molecule has 0 fully saturated rings. The number of nitrogens with one attached hydrogen (secondary N) is 1. The molecule has 1 rings (SSSR count). The first-order valence-electron chi connectivity index (χ1n) is 7.01. The Kier molecular flexibility index (Phi) is 5.05. The number of aromatic nitrogens is 1. The third kappa shape index (κ3) is 5.14. The molecule has 21 heavy (non-hydrogen) atoms. The summed E-state index contributed by atoms with van der Waals surface area (Å²) in [7, 11) is 0. The van der Waals surface area contributed by atoms with E-state index in [4.69, 9.17) is 0 Å². The van der Waals surface area contributed by atoms with Crippen molar-refractivity contribution in [2.75, 3.05) is 5.32 Å². The predicted octanol–water partition coefficient (Wildman–Crippen LogP) is 3.61. The number of carbonyl (C=O) groups is 2. The maximum atomic E-state index is 12.5. The third-order valence-corrected chi connectivity index (χ3v) is 2.87. The first-order valence-corrected chi connectivity index (χ1v) is 7.01. The van der Waals surface area contributed by atoms with Gasteiger partial charge in [-0.3, -0.25) is 9.59 Å². The second kappa shape index (κ2) is 6.20. The van der Waals surface area contributed by atoms with Crippen LogP contribution in [-0.2, 0) is 9.59 Å². The van der Waals surface area contributed by atoms with Crippen molar-refractivity contribution < 1.29 is 9.59 Å². The van der Waals surface area contributed by atoms with Crippen LogP contribution in [0.2, 0.25) is 0 Å². The van der Waals surface area contributed by atoms with Gasteiger partial charge >= 0.3 is 0 Å². The Morgan fingerprint density at radius 2 is 1.67 bits per heavy atom. The lowest BCUT2D eigenvalue weighted by molar-refractivity contribution is -0.124. The Morgan fingerprint density at radius 1 is 1.05 bits per heavy atom. The van der Waals surface area contributed by atoms with Crippen LogP contribution >= 0.6 is 0 Å². The minimum atomic E-state index is -0.578. The van der Waals surface area contributed by atoms with Gasteiger partial charge < -0.3 is 5.32 Å². The molecule has 1 aromatic heterocycles. The van der Waals surface area contributed by atoms with Gasteiger partial charge in [0.05, 0.1) is 5.70 Å². The van der Waals surface area contributed by atoms with E-state index in [1.165, 1.54) is 6.08 Å². The first kappa shape index (κ1) is 17.1. The van der Waals surface area contributed by atoms with E-state index in [1.807, 2.05) is 47.6 Å². The number of carbonyl (C=O) groups excluding carboxylic acids is 2. The van der Waals surface area contributed by atoms with E-state index in [-0.39, 0.29) is 17.3 Å². The smallest absolute Gasteiger partial charge is 0.184 e. The summed E-state index contributed by atoms with van der Waals surface area (Å²) in [5.41, 5.74) is -0.831. The minimum absolute atomic E-state index is 0.0986. The molecule has 0 spiro atoms. The zero-order valence-electron chi connectivity index (χ0n) is 13.7. The van der Waals surface area contributed by atoms with E-state index in [2.05, 4.69) is 10.3 Å². The van der Waals surface area contributed by atoms with Gasteiger partial charge in [0.25, 0.3) is 0 Å². The Morgan fingerprint density at radius 3 is 2.10 bits per heavy atom. The quantitative estimate of drug-likeness (QED) is 0.860. The predicted molar refractivity (Wildman–Crippen MR) is 84.9 cm³/mol. The maximum Gasteiger partial charge on any atom is 0.184 e. The third-order valence-electron chi connectivity index (χ3n) is 2.87. The van der Waals surface area contributed by atoms with E-state index < -0.39 is 10.8 Å². The molecule has 1 N–H and O–H groups in total. The van der Waals surface area contributed by atoms with Crippen LogP contribution in [0.4, 0.5) is 5.82 Å². The SMILES string of the molecule is CC(C)(C)C(=O)/C=C(\Nc1ccccn1)C(=O)C(C)(C)C. The molecule has 0 radical (unpaired) electrons. The van der Waals surface area contributed by atoms with E-state index in [0.29, 0.717) is 5.82 Å². The summed E-state index contributed by atoms with van der Waals surface area (Å²) in [5.74, 6) is 0.326. The number of rotatable bonds is 4. The fourth-order valence-corrected chi connectivity index (χ4v) is 1.48. The molecule has 0 aliphatic heterocycles. The first-order chi connectivity index (χ1) is 9.51. The zero-order chi connectivity index (χ0) is 16.3. The topological polar surface area (TPSA) is 59.1 Å². The Balaban J connectivity index is 3.15. The highest BCUT2D eigenvalue weighted by molar-refractivity contribution is 6.07. The highest BCUT2D eigenvalue weighted by atomic mass is 16.1. The lowest BCUT2D eigenvalue weighted by Gasteiger charge is -2.21. The second-order valence-corrected chi connectivity index (χ2v) is 7.09. The zero-order valence-corrected chi connectivity index (χ0v) is 13.7. The maximum absolute atomic E-state index is 12.5. The van der Waals surface area contributed by atoms with Crippen LogP contribution in [-0.4, -0.2) is 16.6 Å². The number of hydrogen-bond donors (Lipinski definition) is 1. The summed E-state index contributed by atoms with van der Waals surface area (Å²) in [4.78, 5) is 28.9. The fraction of sp³-hybridized carbons (Fsp3) is 0.471. The van der Waals surface area contributed by atoms with Gasteiger partial charge in [0.2, 0.25) is 0 Å². The van der Waals surface area contributed by atoms with Gasteiger partial charge in [-0.1, -0.05) is 47.6 Å². The molecule has 0 saturated carbocycles. The number of allylic oxidation sites excluding steroid dienone is 2. The molecule has 4 heteroatoms. The Labute approximate surface area is 126 Å². The van der Waals surface area contributed by atoms with Crippen LogP contribution in [0.5, 0.6) is 0 Å². The van der Waals surface area contributed by atoms with Crippen LogP contribution in [0.1, 0.15) is 41.5 Å². The molecule has 0 atom stereocenters. The molecule has 0 aliphatic carbocycles. The summed E-state index contributed by atoms with van der Waals surface area (Å²) < 4.78 is 0. The van der Waals surface area contributed by atoms with Crippen molar-refractivity contribution in [3.63, 3.8) is 0 Å². The molecule has 1 aromatic rings. The summed E-state index contributed by atoms with van der Waals surface area (Å²) in [6.45, 7) is 10.9. The monoisotopic (exact) mass is 288 g/mol. The van der Waals surface area contributed by atoms with Gasteiger partial charge in [-0.05, 0) is 12.1 Å². The fourth-order valence-electron chi connectivity index (χ4n) is 1.48. The standard InChI is InChI=1S/C17H24N2O2/c1-16(2,3)13(20)11-12(15(21)17(4,5)6)19-14-9-7-8-10-18-14/h7-11H,1-6H3,(H,18,19)/b12-11-. The molecule has 0 unspecified atom stereocenters. The summed E-state index contributed by atoms with van der Waals surface area (Å²) in [6.07, 6.45) is 3.02. The molecule has 4 nitrogen and oxygen atoms in total. The van der Waals surface area contributed by atoms with Crippen LogP contribution < -0.4 is 5.32 Å². The molecular formula is C17H24N2O2. The molecule has 0 saturated heterocycles. The summed E-state index contributed by atoms with van der Waals surface area (Å²) >= 11 is 0. The number of pyridine rings is 1. The summed E-state index contributed by atoms with van der Waals surface area (Å²) in [6, 6.07) is 5.37. The summed E-state index contributed by atoms with van der Waals surface area (Å²) in [5, 5.41) is 2.97. The van der Waals surface area contributed by atoms with Crippen LogP contribution in [0.25, 0.3) is 0 Å². The van der Waals surface area contributed by atoms with E-state index in [1.54, 1.807) is 18.3 Å².